The number of nitrogen functional groups attached to an aromatic ring is 1. The molecule has 20 heavy (non-hydrogen) atoms. The van der Waals surface area contributed by atoms with Crippen LogP contribution in [0.3, 0.4) is 0 Å². The van der Waals surface area contributed by atoms with Gasteiger partial charge in [0.15, 0.2) is 5.75 Å². The molecule has 7 nitrogen and oxygen atoms in total. The molecule has 2 rings (SSSR count). The van der Waals surface area contributed by atoms with E-state index in [1.807, 2.05) is 20.9 Å². The van der Waals surface area contributed by atoms with E-state index >= 15 is 0 Å². The number of nitrogens with zero attached hydrogens (tertiary/aromatic N) is 3. The number of pyridine rings is 1. The van der Waals surface area contributed by atoms with Crippen LogP contribution in [-0.2, 0) is 11.8 Å². The Morgan fingerprint density at radius 2 is 2.10 bits per heavy atom. The van der Waals surface area contributed by atoms with Crippen LogP contribution in [0.1, 0.15) is 21.7 Å². The molecule has 2 N–H and O–H groups in total. The van der Waals surface area contributed by atoms with E-state index in [0.29, 0.717) is 5.75 Å². The summed E-state index contributed by atoms with van der Waals surface area (Å²) in [5, 5.41) is 4.25. The molecular formula is C13H16N4O3. The highest BCUT2D eigenvalue weighted by molar-refractivity contribution is 5.95. The van der Waals surface area contributed by atoms with Crippen LogP contribution < -0.4 is 10.5 Å². The maximum atomic E-state index is 11.6. The van der Waals surface area contributed by atoms with Gasteiger partial charge in [-0.25, -0.2) is 9.78 Å². The van der Waals surface area contributed by atoms with Gasteiger partial charge in [0.1, 0.15) is 5.69 Å². The van der Waals surface area contributed by atoms with E-state index in [1.165, 1.54) is 19.4 Å². The number of aromatic nitrogens is 3. The van der Waals surface area contributed by atoms with E-state index in [0.717, 1.165) is 11.4 Å². The Bertz CT molecular complexity index is 664. The molecule has 2 heterocycles. The molecule has 0 bridgehead atoms. The van der Waals surface area contributed by atoms with Gasteiger partial charge >= 0.3 is 5.97 Å². The number of nitrogens with two attached hydrogens (primary N) is 1. The Kier molecular flexibility index (Phi) is 3.60. The van der Waals surface area contributed by atoms with Crippen molar-refractivity contribution in [3.8, 4) is 11.6 Å². The van der Waals surface area contributed by atoms with Gasteiger partial charge in [-0.1, -0.05) is 0 Å². The maximum absolute atomic E-state index is 11.6. The molecule has 0 aromatic carbocycles. The lowest BCUT2D eigenvalue weighted by molar-refractivity contribution is 0.0601. The first kappa shape index (κ1) is 13.9. The summed E-state index contributed by atoms with van der Waals surface area (Å²) in [4.78, 5) is 15.6. The normalized spacial score (nSPS) is 10.4. The molecule has 2 aromatic heterocycles. The average Bonchev–Trinajstić information content (AvgIpc) is 2.66. The average molecular weight is 276 g/mol. The molecule has 106 valence electrons. The summed E-state index contributed by atoms with van der Waals surface area (Å²) in [6.07, 6.45) is 1.36. The summed E-state index contributed by atoms with van der Waals surface area (Å²) in [6.45, 7) is 3.72. The molecule has 0 atom stereocenters. The second-order valence-corrected chi connectivity index (χ2v) is 4.33. The summed E-state index contributed by atoms with van der Waals surface area (Å²) in [7, 11) is 3.11. The van der Waals surface area contributed by atoms with Crippen molar-refractivity contribution in [3.63, 3.8) is 0 Å². The summed E-state index contributed by atoms with van der Waals surface area (Å²) in [5.74, 6) is 0.341. The largest absolute Gasteiger partial charge is 0.465 e. The third-order valence-electron chi connectivity index (χ3n) is 2.96. The predicted octanol–water partition coefficient (Wildman–Crippen LogP) is 1.59. The zero-order chi connectivity index (χ0) is 14.9. The van der Waals surface area contributed by atoms with Gasteiger partial charge in [0.25, 0.3) is 0 Å². The minimum Gasteiger partial charge on any atom is -0.465 e. The Morgan fingerprint density at radius 1 is 1.40 bits per heavy atom. The molecule has 0 aliphatic heterocycles. The molecule has 0 unspecified atom stereocenters. The van der Waals surface area contributed by atoms with Crippen LogP contribution in [0.4, 0.5) is 5.69 Å². The van der Waals surface area contributed by atoms with Crippen LogP contribution in [-0.4, -0.2) is 27.8 Å². The maximum Gasteiger partial charge on any atom is 0.340 e. The number of methoxy groups -OCH3 is 1. The highest BCUT2D eigenvalue weighted by atomic mass is 16.5. The van der Waals surface area contributed by atoms with Gasteiger partial charge in [0.2, 0.25) is 5.88 Å². The molecule has 0 aliphatic carbocycles. The number of hydrogen-bond acceptors (Lipinski definition) is 6. The number of anilines is 1. The number of carbonyl (C=O) groups is 1. The number of aryl methyl sites for hydroxylation is 2. The zero-order valence-corrected chi connectivity index (χ0v) is 11.8. The van der Waals surface area contributed by atoms with Crippen LogP contribution in [0, 0.1) is 13.8 Å². The first-order valence-corrected chi connectivity index (χ1v) is 5.96. The number of esters is 1. The third-order valence-corrected chi connectivity index (χ3v) is 2.96. The van der Waals surface area contributed by atoms with Crippen LogP contribution in [0.5, 0.6) is 11.6 Å². The van der Waals surface area contributed by atoms with E-state index in [-0.39, 0.29) is 17.1 Å². The highest BCUT2D eigenvalue weighted by Crippen LogP contribution is 2.28. The lowest BCUT2D eigenvalue weighted by atomic mass is 10.2. The smallest absolute Gasteiger partial charge is 0.340 e. The van der Waals surface area contributed by atoms with Gasteiger partial charge in [-0.15, -0.1) is 0 Å². The lowest BCUT2D eigenvalue weighted by Crippen LogP contribution is -2.06. The summed E-state index contributed by atoms with van der Waals surface area (Å²) < 4.78 is 12.1. The topological polar surface area (TPSA) is 92.3 Å². The predicted molar refractivity (Wildman–Crippen MR) is 72.7 cm³/mol. The zero-order valence-electron chi connectivity index (χ0n) is 11.8. The van der Waals surface area contributed by atoms with Gasteiger partial charge < -0.3 is 15.2 Å². The Morgan fingerprint density at radius 3 is 2.65 bits per heavy atom. The first-order valence-electron chi connectivity index (χ1n) is 5.96. The highest BCUT2D eigenvalue weighted by Gasteiger charge is 2.16. The van der Waals surface area contributed by atoms with Crippen molar-refractivity contribution >= 4 is 11.7 Å². The summed E-state index contributed by atoms with van der Waals surface area (Å²) in [5.41, 5.74) is 7.75. The molecule has 0 spiro atoms. The van der Waals surface area contributed by atoms with Crippen molar-refractivity contribution in [2.75, 3.05) is 12.8 Å². The Hall–Kier alpha value is -2.57. The number of rotatable bonds is 3. The molecular weight excluding hydrogens is 260 g/mol. The first-order chi connectivity index (χ1) is 9.43. The molecule has 0 amide bonds. The van der Waals surface area contributed by atoms with Crippen LogP contribution >= 0.6 is 0 Å². The number of hydrogen-bond donors (Lipinski definition) is 1. The molecule has 0 saturated carbocycles. The van der Waals surface area contributed by atoms with E-state index < -0.39 is 5.97 Å². The molecule has 0 saturated heterocycles. The fourth-order valence-electron chi connectivity index (χ4n) is 1.80. The lowest BCUT2D eigenvalue weighted by Gasteiger charge is -2.08. The van der Waals surface area contributed by atoms with E-state index in [1.54, 1.807) is 4.68 Å². The number of carbonyl (C=O) groups excluding carboxylic acids is 1. The van der Waals surface area contributed by atoms with Gasteiger partial charge in [0.05, 0.1) is 30.3 Å². The van der Waals surface area contributed by atoms with Crippen molar-refractivity contribution < 1.29 is 14.3 Å². The molecule has 0 radical (unpaired) electrons. The molecule has 0 fully saturated rings. The van der Waals surface area contributed by atoms with Crippen molar-refractivity contribution in [2.45, 2.75) is 13.8 Å². The summed E-state index contributed by atoms with van der Waals surface area (Å²) in [6, 6.07) is 1.45. The van der Waals surface area contributed by atoms with Crippen molar-refractivity contribution in [2.24, 2.45) is 7.05 Å². The van der Waals surface area contributed by atoms with Crippen LogP contribution in [0.2, 0.25) is 0 Å². The van der Waals surface area contributed by atoms with Gasteiger partial charge in [-0.2, -0.15) is 5.10 Å². The fourth-order valence-corrected chi connectivity index (χ4v) is 1.80. The van der Waals surface area contributed by atoms with Crippen LogP contribution in [0.25, 0.3) is 0 Å². The van der Waals surface area contributed by atoms with Crippen molar-refractivity contribution in [1.29, 1.82) is 0 Å². The second-order valence-electron chi connectivity index (χ2n) is 4.33. The van der Waals surface area contributed by atoms with E-state index in [9.17, 15) is 4.79 Å². The van der Waals surface area contributed by atoms with Crippen molar-refractivity contribution in [1.82, 2.24) is 14.8 Å². The van der Waals surface area contributed by atoms with E-state index in [4.69, 9.17) is 10.5 Å². The van der Waals surface area contributed by atoms with Crippen molar-refractivity contribution in [3.05, 3.63) is 29.2 Å². The Balaban J connectivity index is 2.37. The second kappa shape index (κ2) is 5.20. The molecule has 7 heteroatoms. The standard InChI is InChI=1S/C13H16N4O3/c1-7-12(8(2)17(3)16-7)20-11-5-9(13(18)19-4)10(14)6-15-11/h5-6H,14H2,1-4H3. The van der Waals surface area contributed by atoms with Gasteiger partial charge in [-0.05, 0) is 13.8 Å². The number of ether oxygens (including phenoxy) is 2. The van der Waals surface area contributed by atoms with Crippen LogP contribution in [0.15, 0.2) is 12.3 Å². The van der Waals surface area contributed by atoms with Gasteiger partial charge in [-0.3, -0.25) is 4.68 Å². The fraction of sp³-hybridized carbons (Fsp3) is 0.308. The van der Waals surface area contributed by atoms with Gasteiger partial charge in [0, 0.05) is 13.1 Å². The van der Waals surface area contributed by atoms with E-state index in [2.05, 4.69) is 14.8 Å². The SMILES string of the molecule is COC(=O)c1cc(Oc2c(C)nn(C)c2C)ncc1N. The third kappa shape index (κ3) is 2.42. The monoisotopic (exact) mass is 276 g/mol. The molecule has 0 aliphatic rings. The molecule has 2 aromatic rings. The minimum absolute atomic E-state index is 0.219. The summed E-state index contributed by atoms with van der Waals surface area (Å²) >= 11 is 0. The Labute approximate surface area is 116 Å². The quantitative estimate of drug-likeness (QED) is 0.856. The minimum atomic E-state index is -0.533.